The molecule has 1 atom stereocenters. The van der Waals surface area contributed by atoms with Crippen LogP contribution in [0.3, 0.4) is 0 Å². The molecule has 0 aliphatic rings. The van der Waals surface area contributed by atoms with E-state index < -0.39 is 0 Å². The van der Waals surface area contributed by atoms with Crippen molar-refractivity contribution in [2.45, 2.75) is 26.3 Å². The summed E-state index contributed by atoms with van der Waals surface area (Å²) in [5.41, 5.74) is 2.66. The van der Waals surface area contributed by atoms with Gasteiger partial charge < -0.3 is 9.88 Å². The van der Waals surface area contributed by atoms with Crippen LogP contribution in [0.1, 0.15) is 31.0 Å². The van der Waals surface area contributed by atoms with Gasteiger partial charge in [0.25, 0.3) is 0 Å². The molecule has 1 aromatic carbocycles. The molecule has 0 aliphatic carbocycles. The highest BCUT2D eigenvalue weighted by atomic mass is 15.2. The van der Waals surface area contributed by atoms with E-state index in [9.17, 15) is 0 Å². The van der Waals surface area contributed by atoms with Crippen molar-refractivity contribution in [1.82, 2.24) is 9.55 Å². The SMILES string of the molecule is CCc1ccc(C(C)Nc2nccn2C)cc1. The molecule has 1 heterocycles. The fourth-order valence-corrected chi connectivity index (χ4v) is 1.82. The quantitative estimate of drug-likeness (QED) is 0.872. The first kappa shape index (κ1) is 11.7. The predicted molar refractivity (Wildman–Crippen MR) is 71.1 cm³/mol. The van der Waals surface area contributed by atoms with Crippen molar-refractivity contribution in [3.05, 3.63) is 47.8 Å². The van der Waals surface area contributed by atoms with E-state index in [1.807, 2.05) is 17.8 Å². The van der Waals surface area contributed by atoms with Crippen LogP contribution < -0.4 is 5.32 Å². The van der Waals surface area contributed by atoms with E-state index in [0.29, 0.717) is 0 Å². The van der Waals surface area contributed by atoms with E-state index in [2.05, 4.69) is 48.4 Å². The second-order valence-corrected chi connectivity index (χ2v) is 4.32. The van der Waals surface area contributed by atoms with Crippen molar-refractivity contribution in [3.8, 4) is 0 Å². The Morgan fingerprint density at radius 2 is 2.00 bits per heavy atom. The molecule has 2 aromatic rings. The molecule has 3 heteroatoms. The zero-order valence-corrected chi connectivity index (χ0v) is 10.6. The van der Waals surface area contributed by atoms with Crippen LogP contribution in [0, 0.1) is 0 Å². The molecule has 90 valence electrons. The third kappa shape index (κ3) is 2.67. The van der Waals surface area contributed by atoms with Gasteiger partial charge >= 0.3 is 0 Å². The lowest BCUT2D eigenvalue weighted by Gasteiger charge is -2.15. The summed E-state index contributed by atoms with van der Waals surface area (Å²) in [4.78, 5) is 4.27. The maximum Gasteiger partial charge on any atom is 0.202 e. The van der Waals surface area contributed by atoms with Gasteiger partial charge in [0.05, 0.1) is 6.04 Å². The predicted octanol–water partition coefficient (Wildman–Crippen LogP) is 3.16. The molecule has 2 rings (SSSR count). The van der Waals surface area contributed by atoms with Gasteiger partial charge in [0.2, 0.25) is 5.95 Å². The Hall–Kier alpha value is -1.77. The molecule has 0 spiro atoms. The van der Waals surface area contributed by atoms with Crippen LogP contribution in [-0.2, 0) is 13.5 Å². The van der Waals surface area contributed by atoms with E-state index in [4.69, 9.17) is 0 Å². The monoisotopic (exact) mass is 229 g/mol. The topological polar surface area (TPSA) is 29.9 Å². The summed E-state index contributed by atoms with van der Waals surface area (Å²) in [6.07, 6.45) is 4.83. The summed E-state index contributed by atoms with van der Waals surface area (Å²) in [6, 6.07) is 9.00. The van der Waals surface area contributed by atoms with E-state index >= 15 is 0 Å². The number of nitrogens with zero attached hydrogens (tertiary/aromatic N) is 2. The lowest BCUT2D eigenvalue weighted by molar-refractivity contribution is 0.822. The molecule has 3 nitrogen and oxygen atoms in total. The number of benzene rings is 1. The molecule has 1 N–H and O–H groups in total. The first-order valence-electron chi connectivity index (χ1n) is 6.03. The maximum absolute atomic E-state index is 4.27. The van der Waals surface area contributed by atoms with Crippen LogP contribution in [0.4, 0.5) is 5.95 Å². The second kappa shape index (κ2) is 5.04. The highest BCUT2D eigenvalue weighted by Gasteiger charge is 2.07. The summed E-state index contributed by atoms with van der Waals surface area (Å²) in [7, 11) is 1.99. The molecule has 0 radical (unpaired) electrons. The summed E-state index contributed by atoms with van der Waals surface area (Å²) < 4.78 is 1.98. The van der Waals surface area contributed by atoms with Crippen LogP contribution in [-0.4, -0.2) is 9.55 Å². The fraction of sp³-hybridized carbons (Fsp3) is 0.357. The third-order valence-electron chi connectivity index (χ3n) is 3.05. The summed E-state index contributed by atoms with van der Waals surface area (Å²) in [5.74, 6) is 0.900. The van der Waals surface area contributed by atoms with Gasteiger partial charge in [-0.05, 0) is 24.5 Å². The molecule has 0 aliphatic heterocycles. The van der Waals surface area contributed by atoms with Crippen molar-refractivity contribution < 1.29 is 0 Å². The van der Waals surface area contributed by atoms with Crippen molar-refractivity contribution in [2.24, 2.45) is 7.05 Å². The highest BCUT2D eigenvalue weighted by Crippen LogP contribution is 2.18. The van der Waals surface area contributed by atoms with Crippen molar-refractivity contribution in [3.63, 3.8) is 0 Å². The average Bonchev–Trinajstić information content (AvgIpc) is 2.75. The highest BCUT2D eigenvalue weighted by molar-refractivity contribution is 5.33. The maximum atomic E-state index is 4.27. The lowest BCUT2D eigenvalue weighted by Crippen LogP contribution is -2.10. The Labute approximate surface area is 103 Å². The van der Waals surface area contributed by atoms with E-state index in [1.165, 1.54) is 11.1 Å². The van der Waals surface area contributed by atoms with Gasteiger partial charge in [0.1, 0.15) is 0 Å². The van der Waals surface area contributed by atoms with Crippen LogP contribution in [0.5, 0.6) is 0 Å². The Morgan fingerprint density at radius 3 is 2.53 bits per heavy atom. The van der Waals surface area contributed by atoms with Gasteiger partial charge in [-0.3, -0.25) is 0 Å². The first-order chi connectivity index (χ1) is 8.20. The number of imidazole rings is 1. The molecule has 17 heavy (non-hydrogen) atoms. The molecule has 0 fully saturated rings. The first-order valence-corrected chi connectivity index (χ1v) is 6.03. The molecule has 0 saturated carbocycles. The summed E-state index contributed by atoms with van der Waals surface area (Å²) in [6.45, 7) is 4.32. The largest absolute Gasteiger partial charge is 0.349 e. The van der Waals surface area contributed by atoms with Crippen molar-refractivity contribution >= 4 is 5.95 Å². The molecule has 0 bridgehead atoms. The number of anilines is 1. The van der Waals surface area contributed by atoms with Gasteiger partial charge in [0, 0.05) is 19.4 Å². The Bertz CT molecular complexity index is 470. The van der Waals surface area contributed by atoms with Crippen molar-refractivity contribution in [1.29, 1.82) is 0 Å². The Kier molecular flexibility index (Phi) is 3.47. The number of hydrogen-bond donors (Lipinski definition) is 1. The van der Waals surface area contributed by atoms with Gasteiger partial charge in [-0.1, -0.05) is 31.2 Å². The van der Waals surface area contributed by atoms with E-state index in [-0.39, 0.29) is 6.04 Å². The minimum atomic E-state index is 0.266. The van der Waals surface area contributed by atoms with Gasteiger partial charge in [-0.2, -0.15) is 0 Å². The number of aromatic nitrogens is 2. The summed E-state index contributed by atoms with van der Waals surface area (Å²) in [5, 5.41) is 3.40. The summed E-state index contributed by atoms with van der Waals surface area (Å²) >= 11 is 0. The van der Waals surface area contributed by atoms with Crippen LogP contribution in [0.2, 0.25) is 0 Å². The number of aryl methyl sites for hydroxylation is 2. The lowest BCUT2D eigenvalue weighted by atomic mass is 10.1. The minimum absolute atomic E-state index is 0.266. The number of hydrogen-bond acceptors (Lipinski definition) is 2. The van der Waals surface area contributed by atoms with E-state index in [1.54, 1.807) is 6.20 Å². The number of nitrogens with one attached hydrogen (secondary N) is 1. The Balaban J connectivity index is 2.09. The molecule has 1 aromatic heterocycles. The van der Waals surface area contributed by atoms with Gasteiger partial charge in [0.15, 0.2) is 0 Å². The molecule has 0 amide bonds. The van der Waals surface area contributed by atoms with Crippen LogP contribution in [0.15, 0.2) is 36.7 Å². The normalized spacial score (nSPS) is 12.4. The van der Waals surface area contributed by atoms with Crippen molar-refractivity contribution in [2.75, 3.05) is 5.32 Å². The smallest absolute Gasteiger partial charge is 0.202 e. The molecular weight excluding hydrogens is 210 g/mol. The molecular formula is C14H19N3. The van der Waals surface area contributed by atoms with E-state index in [0.717, 1.165) is 12.4 Å². The van der Waals surface area contributed by atoms with Gasteiger partial charge in [-0.25, -0.2) is 4.98 Å². The Morgan fingerprint density at radius 1 is 1.29 bits per heavy atom. The average molecular weight is 229 g/mol. The van der Waals surface area contributed by atoms with Crippen LogP contribution >= 0.6 is 0 Å². The second-order valence-electron chi connectivity index (χ2n) is 4.32. The molecule has 0 saturated heterocycles. The van der Waals surface area contributed by atoms with Gasteiger partial charge in [-0.15, -0.1) is 0 Å². The zero-order valence-electron chi connectivity index (χ0n) is 10.6. The number of rotatable bonds is 4. The molecule has 1 unspecified atom stereocenters. The van der Waals surface area contributed by atoms with Crippen LogP contribution in [0.25, 0.3) is 0 Å². The third-order valence-corrected chi connectivity index (χ3v) is 3.05. The standard InChI is InChI=1S/C14H19N3/c1-4-12-5-7-13(8-6-12)11(2)16-14-15-9-10-17(14)3/h5-11H,4H2,1-3H3,(H,15,16). The minimum Gasteiger partial charge on any atom is -0.349 e. The fourth-order valence-electron chi connectivity index (χ4n) is 1.82. The zero-order chi connectivity index (χ0) is 12.3.